The Morgan fingerprint density at radius 1 is 0.532 bits per heavy atom. The van der Waals surface area contributed by atoms with Gasteiger partial charge in [0.15, 0.2) is 11.4 Å². The maximum absolute atomic E-state index is 10.1. The molecule has 6 heteroatoms. The molecule has 0 radical (unpaired) electrons. The molecule has 0 N–H and O–H groups in total. The zero-order valence-electron chi connectivity index (χ0n) is 35.8. The lowest BCUT2D eigenvalue weighted by Gasteiger charge is -2.24. The fourth-order valence-electron chi connectivity index (χ4n) is 9.35. The minimum atomic E-state index is 0.158. The first-order chi connectivity index (χ1) is 30.1. The number of para-hydroxylation sites is 2. The quantitative estimate of drug-likeness (QED) is 0.144. The summed E-state index contributed by atoms with van der Waals surface area (Å²) in [5, 5.41) is 14.9. The van der Waals surface area contributed by atoms with Crippen molar-refractivity contribution in [1.29, 1.82) is 5.26 Å². The summed E-state index contributed by atoms with van der Waals surface area (Å²) in [6.07, 6.45) is 1.84. The molecule has 3 heterocycles. The topological polar surface area (TPSA) is 55.8 Å². The number of imidazole rings is 1. The van der Waals surface area contributed by atoms with E-state index in [0.717, 1.165) is 55.9 Å². The Labute approximate surface area is 362 Å². The molecule has 0 aliphatic carbocycles. The number of benzene rings is 7. The van der Waals surface area contributed by atoms with Gasteiger partial charge in [0.25, 0.3) is 0 Å². The third-order valence-corrected chi connectivity index (χ3v) is 12.4. The Balaban J connectivity index is 1.21. The van der Waals surface area contributed by atoms with Crippen molar-refractivity contribution in [2.24, 2.45) is 0 Å². The molecule has 0 amide bonds. The van der Waals surface area contributed by atoms with Gasteiger partial charge >= 0.3 is 0 Å². The van der Waals surface area contributed by atoms with Crippen LogP contribution in [0.3, 0.4) is 0 Å². The molecule has 0 spiro atoms. The molecule has 0 unspecified atom stereocenters. The average molecular weight is 803 g/mol. The van der Waals surface area contributed by atoms with Crippen LogP contribution in [-0.2, 0) is 0 Å². The lowest BCUT2D eigenvalue weighted by molar-refractivity contribution is 0.807. The van der Waals surface area contributed by atoms with E-state index in [0.29, 0.717) is 23.1 Å². The van der Waals surface area contributed by atoms with Crippen LogP contribution in [0.15, 0.2) is 152 Å². The summed E-state index contributed by atoms with van der Waals surface area (Å²) in [5.74, 6) is 1.41. The Hall–Kier alpha value is -7.67. The summed E-state index contributed by atoms with van der Waals surface area (Å²) in [6, 6.07) is 54.7. The van der Waals surface area contributed by atoms with Crippen molar-refractivity contribution in [2.75, 3.05) is 0 Å². The number of nitrogens with zero attached hydrogens (tertiary/aromatic N) is 6. The highest BCUT2D eigenvalue weighted by molar-refractivity contribution is 6.13. The molecule has 300 valence electrons. The van der Waals surface area contributed by atoms with E-state index >= 15 is 0 Å². The number of nitriles is 1. The second kappa shape index (κ2) is 15.1. The van der Waals surface area contributed by atoms with Crippen molar-refractivity contribution in [3.63, 3.8) is 0 Å². The van der Waals surface area contributed by atoms with Crippen LogP contribution in [0.25, 0.3) is 88.0 Å². The van der Waals surface area contributed by atoms with Gasteiger partial charge in [0.2, 0.25) is 0 Å². The van der Waals surface area contributed by atoms with Gasteiger partial charge in [-0.25, -0.2) is 9.83 Å². The molecule has 10 aromatic rings. The van der Waals surface area contributed by atoms with E-state index in [4.69, 9.17) is 11.6 Å². The number of rotatable bonds is 8. The van der Waals surface area contributed by atoms with E-state index in [1.54, 1.807) is 6.07 Å². The van der Waals surface area contributed by atoms with Crippen LogP contribution >= 0.6 is 0 Å². The fraction of sp³-hybridized carbons (Fsp3) is 0.161. The average Bonchev–Trinajstić information content (AvgIpc) is 3.98. The summed E-state index contributed by atoms with van der Waals surface area (Å²) >= 11 is 0. The largest absolute Gasteiger partial charge is 0.309 e. The lowest BCUT2D eigenvalue weighted by Crippen LogP contribution is -2.08. The standard InChI is InChI=1S/C56H46N6/c1-34(2)37-19-22-43(23-20-37)61-53-25-21-38(28-49(53)50-31-44(24-26-54(50)61)62-51-17-10-8-15-45(51)46-16-9-11-18-52(46)62)40-29-47(35(3)4)55(48(30-40)36(5)6)60-33-42(32-57)59-56(60)39-13-12-14-41(27-39)58-7/h8-31,33-36H,1-6H3. The molecule has 0 atom stereocenters. The molecule has 3 aromatic heterocycles. The molecule has 0 fully saturated rings. The first-order valence-electron chi connectivity index (χ1n) is 21.5. The third kappa shape index (κ3) is 6.27. The Kier molecular flexibility index (Phi) is 9.39. The summed E-state index contributed by atoms with van der Waals surface area (Å²) < 4.78 is 6.89. The maximum atomic E-state index is 10.1. The number of hydrogen-bond donors (Lipinski definition) is 0. The van der Waals surface area contributed by atoms with Gasteiger partial charge in [0, 0.05) is 44.7 Å². The summed E-state index contributed by atoms with van der Waals surface area (Å²) in [4.78, 5) is 8.47. The predicted octanol–water partition coefficient (Wildman–Crippen LogP) is 15.2. The highest BCUT2D eigenvalue weighted by Crippen LogP contribution is 2.42. The van der Waals surface area contributed by atoms with E-state index in [-0.39, 0.29) is 11.8 Å². The number of fused-ring (bicyclic) bond motifs is 6. The Morgan fingerprint density at radius 2 is 1.11 bits per heavy atom. The van der Waals surface area contributed by atoms with Crippen molar-refractivity contribution in [1.82, 2.24) is 18.7 Å². The van der Waals surface area contributed by atoms with Crippen LogP contribution in [0.4, 0.5) is 5.69 Å². The SMILES string of the molecule is [C-]#[N+]c1cccc(-c2nc(C#N)cn2-c2c(C(C)C)cc(-c3ccc4c(c3)c3cc(-n5c6ccccc6c6ccccc65)ccc3n4-c3ccc(C(C)C)cc3)cc2C(C)C)c1. The molecule has 0 saturated carbocycles. The molecule has 6 nitrogen and oxygen atoms in total. The normalized spacial score (nSPS) is 11.8. The maximum Gasteiger partial charge on any atom is 0.187 e. The molecular weight excluding hydrogens is 757 g/mol. The molecule has 0 aliphatic rings. The zero-order chi connectivity index (χ0) is 42.8. The summed E-state index contributed by atoms with van der Waals surface area (Å²) in [7, 11) is 0. The van der Waals surface area contributed by atoms with Crippen LogP contribution in [0.2, 0.25) is 0 Å². The number of aromatic nitrogens is 4. The first kappa shape index (κ1) is 38.5. The summed E-state index contributed by atoms with van der Waals surface area (Å²) in [6.45, 7) is 21.0. The highest BCUT2D eigenvalue weighted by Gasteiger charge is 2.24. The molecule has 62 heavy (non-hydrogen) atoms. The van der Waals surface area contributed by atoms with Gasteiger partial charge in [-0.15, -0.1) is 0 Å². The third-order valence-electron chi connectivity index (χ3n) is 12.4. The van der Waals surface area contributed by atoms with Crippen LogP contribution in [0.1, 0.15) is 81.7 Å². The zero-order valence-corrected chi connectivity index (χ0v) is 35.8. The van der Waals surface area contributed by atoms with Gasteiger partial charge in [0.05, 0.1) is 34.3 Å². The molecule has 0 bridgehead atoms. The Bertz CT molecular complexity index is 3380. The van der Waals surface area contributed by atoms with Gasteiger partial charge in [-0.1, -0.05) is 114 Å². The van der Waals surface area contributed by atoms with Crippen molar-refractivity contribution in [3.05, 3.63) is 186 Å². The van der Waals surface area contributed by atoms with Gasteiger partial charge in [-0.05, 0) is 118 Å². The monoisotopic (exact) mass is 802 g/mol. The van der Waals surface area contributed by atoms with Crippen LogP contribution in [0.5, 0.6) is 0 Å². The van der Waals surface area contributed by atoms with Crippen LogP contribution < -0.4 is 0 Å². The number of hydrogen-bond acceptors (Lipinski definition) is 2. The molecule has 7 aromatic carbocycles. The minimum absolute atomic E-state index is 0.158. The van der Waals surface area contributed by atoms with Crippen molar-refractivity contribution >= 4 is 49.3 Å². The second-order valence-corrected chi connectivity index (χ2v) is 17.3. The minimum Gasteiger partial charge on any atom is -0.309 e. The summed E-state index contributed by atoms with van der Waals surface area (Å²) in [5.41, 5.74) is 15.6. The van der Waals surface area contributed by atoms with Gasteiger partial charge < -0.3 is 9.13 Å². The highest BCUT2D eigenvalue weighted by atomic mass is 15.1. The van der Waals surface area contributed by atoms with E-state index in [1.807, 2.05) is 24.4 Å². The predicted molar refractivity (Wildman–Crippen MR) is 256 cm³/mol. The van der Waals surface area contributed by atoms with E-state index in [2.05, 4.69) is 187 Å². The van der Waals surface area contributed by atoms with Crippen molar-refractivity contribution in [3.8, 4) is 45.6 Å². The lowest BCUT2D eigenvalue weighted by atomic mass is 9.88. The van der Waals surface area contributed by atoms with E-state index < -0.39 is 0 Å². The Morgan fingerprint density at radius 3 is 1.73 bits per heavy atom. The van der Waals surface area contributed by atoms with Crippen molar-refractivity contribution < 1.29 is 0 Å². The fourth-order valence-corrected chi connectivity index (χ4v) is 9.35. The van der Waals surface area contributed by atoms with E-state index in [9.17, 15) is 5.26 Å². The van der Waals surface area contributed by atoms with Crippen LogP contribution in [0, 0.1) is 17.9 Å². The van der Waals surface area contributed by atoms with Crippen molar-refractivity contribution in [2.45, 2.75) is 59.3 Å². The van der Waals surface area contributed by atoms with Gasteiger partial charge in [-0.3, -0.25) is 4.57 Å². The van der Waals surface area contributed by atoms with Crippen LogP contribution in [-0.4, -0.2) is 18.7 Å². The molecular formula is C56H46N6. The molecule has 10 rings (SSSR count). The van der Waals surface area contributed by atoms with Gasteiger partial charge in [0.1, 0.15) is 11.9 Å². The van der Waals surface area contributed by atoms with Gasteiger partial charge in [-0.2, -0.15) is 5.26 Å². The van der Waals surface area contributed by atoms with E-state index in [1.165, 1.54) is 38.1 Å². The smallest absolute Gasteiger partial charge is 0.187 e. The second-order valence-electron chi connectivity index (χ2n) is 17.3. The molecule has 0 saturated heterocycles. The molecule has 0 aliphatic heterocycles. The first-order valence-corrected chi connectivity index (χ1v) is 21.5.